The largest absolute Gasteiger partial charge is 0.504 e. The highest BCUT2D eigenvalue weighted by molar-refractivity contribution is 5.29. The van der Waals surface area contributed by atoms with E-state index < -0.39 is 0 Å². The van der Waals surface area contributed by atoms with E-state index in [4.69, 9.17) is 5.11 Å². The molecule has 2 heteroatoms. The molecule has 0 heterocycles. The fourth-order valence-electron chi connectivity index (χ4n) is 1.62. The molecular formula is C11H12O2. The van der Waals surface area contributed by atoms with Crippen LogP contribution in [-0.2, 0) is 0 Å². The highest BCUT2D eigenvalue weighted by atomic mass is 16.3. The molecule has 0 aliphatic heterocycles. The summed E-state index contributed by atoms with van der Waals surface area (Å²) >= 11 is 0. The predicted octanol–water partition coefficient (Wildman–Crippen LogP) is 1.88. The molecule has 1 aliphatic carbocycles. The molecule has 1 unspecified atom stereocenters. The Hall–Kier alpha value is -1.31. The van der Waals surface area contributed by atoms with E-state index in [-0.39, 0.29) is 11.2 Å². The third-order valence-corrected chi connectivity index (χ3v) is 2.63. The average molecular weight is 176 g/mol. The van der Waals surface area contributed by atoms with Crippen molar-refractivity contribution in [3.05, 3.63) is 40.1 Å². The molecular weight excluding hydrogens is 164 g/mol. The number of rotatable bonds is 1. The standard InChI is InChI=1S/C11H12O2/c1-7-5-9(7)8-3-2-4-10(12)11(13)6-8/h2-4,6-7,9H,5H2,1H3,(H,12,13)/t7-,9?/m1/s1. The van der Waals surface area contributed by atoms with E-state index in [2.05, 4.69) is 6.92 Å². The van der Waals surface area contributed by atoms with Gasteiger partial charge in [0.1, 0.15) is 0 Å². The van der Waals surface area contributed by atoms with Crippen molar-refractivity contribution in [2.24, 2.45) is 5.92 Å². The van der Waals surface area contributed by atoms with Crippen molar-refractivity contribution in [2.75, 3.05) is 0 Å². The summed E-state index contributed by atoms with van der Waals surface area (Å²) in [7, 11) is 0. The van der Waals surface area contributed by atoms with Crippen molar-refractivity contribution in [3.8, 4) is 5.75 Å². The van der Waals surface area contributed by atoms with Crippen LogP contribution in [0.15, 0.2) is 29.1 Å². The molecule has 13 heavy (non-hydrogen) atoms. The van der Waals surface area contributed by atoms with Gasteiger partial charge in [-0.3, -0.25) is 4.79 Å². The number of hydrogen-bond donors (Lipinski definition) is 1. The van der Waals surface area contributed by atoms with Gasteiger partial charge in [-0.1, -0.05) is 19.1 Å². The van der Waals surface area contributed by atoms with Gasteiger partial charge in [0.15, 0.2) is 5.75 Å². The Morgan fingerprint density at radius 2 is 2.15 bits per heavy atom. The first kappa shape index (κ1) is 8.30. The monoisotopic (exact) mass is 176 g/mol. The maximum atomic E-state index is 11.2. The molecule has 68 valence electrons. The summed E-state index contributed by atoms with van der Waals surface area (Å²) in [6.45, 7) is 2.17. The van der Waals surface area contributed by atoms with Gasteiger partial charge in [0.2, 0.25) is 5.43 Å². The smallest absolute Gasteiger partial charge is 0.220 e. The summed E-state index contributed by atoms with van der Waals surface area (Å²) in [6, 6.07) is 6.63. The van der Waals surface area contributed by atoms with E-state index in [1.54, 1.807) is 12.1 Å². The summed E-state index contributed by atoms with van der Waals surface area (Å²) in [4.78, 5) is 11.2. The molecule has 0 bridgehead atoms. The van der Waals surface area contributed by atoms with Crippen LogP contribution in [0.5, 0.6) is 5.75 Å². The first-order valence-electron chi connectivity index (χ1n) is 4.51. The minimum atomic E-state index is -0.279. The molecule has 1 aromatic rings. The second-order valence-corrected chi connectivity index (χ2v) is 3.74. The van der Waals surface area contributed by atoms with Crippen LogP contribution in [-0.4, -0.2) is 5.11 Å². The average Bonchev–Trinajstić information content (AvgIpc) is 2.80. The molecule has 1 aliphatic rings. The maximum absolute atomic E-state index is 11.2. The fraction of sp³-hybridized carbons (Fsp3) is 0.364. The van der Waals surface area contributed by atoms with Gasteiger partial charge in [0.25, 0.3) is 0 Å². The van der Waals surface area contributed by atoms with E-state index in [0.717, 1.165) is 12.0 Å². The van der Waals surface area contributed by atoms with Crippen LogP contribution in [0.4, 0.5) is 0 Å². The second-order valence-electron chi connectivity index (χ2n) is 3.74. The number of hydrogen-bond acceptors (Lipinski definition) is 2. The van der Waals surface area contributed by atoms with Crippen molar-refractivity contribution in [1.82, 2.24) is 0 Å². The van der Waals surface area contributed by atoms with Gasteiger partial charge >= 0.3 is 0 Å². The molecule has 0 amide bonds. The van der Waals surface area contributed by atoms with Crippen LogP contribution in [0, 0.1) is 5.92 Å². The zero-order chi connectivity index (χ0) is 9.42. The van der Waals surface area contributed by atoms with Crippen molar-refractivity contribution in [1.29, 1.82) is 0 Å². The molecule has 2 atom stereocenters. The van der Waals surface area contributed by atoms with Gasteiger partial charge in [-0.25, -0.2) is 0 Å². The van der Waals surface area contributed by atoms with E-state index in [0.29, 0.717) is 11.8 Å². The van der Waals surface area contributed by atoms with Crippen LogP contribution in [0.3, 0.4) is 0 Å². The Kier molecular flexibility index (Phi) is 1.83. The van der Waals surface area contributed by atoms with Crippen LogP contribution in [0.1, 0.15) is 24.8 Å². The van der Waals surface area contributed by atoms with Crippen LogP contribution >= 0.6 is 0 Å². The molecule has 1 aromatic carbocycles. The first-order chi connectivity index (χ1) is 6.18. The van der Waals surface area contributed by atoms with Crippen LogP contribution < -0.4 is 5.43 Å². The van der Waals surface area contributed by atoms with Gasteiger partial charge in [-0.05, 0) is 36.0 Å². The zero-order valence-electron chi connectivity index (χ0n) is 7.53. The van der Waals surface area contributed by atoms with Gasteiger partial charge in [0.05, 0.1) is 0 Å². The summed E-state index contributed by atoms with van der Waals surface area (Å²) in [5, 5.41) is 9.16. The van der Waals surface area contributed by atoms with Gasteiger partial charge < -0.3 is 5.11 Å². The minimum absolute atomic E-state index is 0.167. The van der Waals surface area contributed by atoms with Crippen molar-refractivity contribution in [2.45, 2.75) is 19.3 Å². The molecule has 0 aromatic heterocycles. The van der Waals surface area contributed by atoms with Crippen molar-refractivity contribution >= 4 is 0 Å². The highest BCUT2D eigenvalue weighted by Crippen LogP contribution is 2.46. The summed E-state index contributed by atoms with van der Waals surface area (Å²) < 4.78 is 0. The lowest BCUT2D eigenvalue weighted by Crippen LogP contribution is -1.94. The predicted molar refractivity (Wildman–Crippen MR) is 50.9 cm³/mol. The molecule has 2 rings (SSSR count). The molecule has 0 radical (unpaired) electrons. The molecule has 1 N–H and O–H groups in total. The van der Waals surface area contributed by atoms with E-state index >= 15 is 0 Å². The Labute approximate surface area is 76.9 Å². The Morgan fingerprint density at radius 1 is 1.46 bits per heavy atom. The topological polar surface area (TPSA) is 37.3 Å². The lowest BCUT2D eigenvalue weighted by atomic mass is 10.1. The van der Waals surface area contributed by atoms with Gasteiger partial charge in [-0.15, -0.1) is 0 Å². The van der Waals surface area contributed by atoms with Crippen LogP contribution in [0.2, 0.25) is 0 Å². The van der Waals surface area contributed by atoms with E-state index in [1.165, 1.54) is 6.07 Å². The minimum Gasteiger partial charge on any atom is -0.504 e. The highest BCUT2D eigenvalue weighted by Gasteiger charge is 2.33. The molecule has 0 saturated heterocycles. The third-order valence-electron chi connectivity index (χ3n) is 2.63. The van der Waals surface area contributed by atoms with Crippen molar-refractivity contribution < 1.29 is 5.11 Å². The second kappa shape index (κ2) is 2.87. The third kappa shape index (κ3) is 1.57. The molecule has 1 fully saturated rings. The molecule has 1 saturated carbocycles. The first-order valence-corrected chi connectivity index (χ1v) is 4.51. The Bertz CT molecular complexity index is 384. The number of aromatic hydroxyl groups is 1. The van der Waals surface area contributed by atoms with E-state index in [1.807, 2.05) is 6.07 Å². The maximum Gasteiger partial charge on any atom is 0.220 e. The van der Waals surface area contributed by atoms with E-state index in [9.17, 15) is 4.79 Å². The zero-order valence-corrected chi connectivity index (χ0v) is 7.53. The van der Waals surface area contributed by atoms with Crippen molar-refractivity contribution in [3.63, 3.8) is 0 Å². The SMILES string of the molecule is C[C@@H]1CC1c1cccc(O)c(=O)c1. The summed E-state index contributed by atoms with van der Waals surface area (Å²) in [6.07, 6.45) is 1.16. The lowest BCUT2D eigenvalue weighted by Gasteiger charge is -1.90. The normalized spacial score (nSPS) is 25.6. The van der Waals surface area contributed by atoms with Crippen LogP contribution in [0.25, 0.3) is 0 Å². The Balaban J connectivity index is 2.45. The van der Waals surface area contributed by atoms with Gasteiger partial charge in [0, 0.05) is 0 Å². The quantitative estimate of drug-likeness (QED) is 0.709. The summed E-state index contributed by atoms with van der Waals surface area (Å²) in [5.41, 5.74) is 0.775. The summed E-state index contributed by atoms with van der Waals surface area (Å²) in [5.74, 6) is 1.04. The molecule has 0 spiro atoms. The lowest BCUT2D eigenvalue weighted by molar-refractivity contribution is 0.471. The fourth-order valence-corrected chi connectivity index (χ4v) is 1.62. The Morgan fingerprint density at radius 3 is 2.77 bits per heavy atom. The molecule has 2 nitrogen and oxygen atoms in total. The van der Waals surface area contributed by atoms with Gasteiger partial charge in [-0.2, -0.15) is 0 Å².